The highest BCUT2D eigenvalue weighted by Crippen LogP contribution is 2.28. The van der Waals surface area contributed by atoms with E-state index in [4.69, 9.17) is 10.5 Å². The van der Waals surface area contributed by atoms with E-state index in [0.717, 1.165) is 0 Å². The molecule has 1 amide bonds. The van der Waals surface area contributed by atoms with Crippen LogP contribution in [-0.2, 0) is 15.4 Å². The van der Waals surface area contributed by atoms with Crippen molar-refractivity contribution < 1.29 is 22.3 Å². The van der Waals surface area contributed by atoms with E-state index in [-0.39, 0.29) is 17.1 Å². The Hall–Kier alpha value is -4.06. The van der Waals surface area contributed by atoms with Crippen LogP contribution in [0.15, 0.2) is 53.7 Å². The molecule has 0 bridgehead atoms. The zero-order valence-corrected chi connectivity index (χ0v) is 20.2. The average molecular weight is 499 g/mol. The number of nitrogens with one attached hydrogen (secondary N) is 1. The molecule has 35 heavy (non-hydrogen) atoms. The summed E-state index contributed by atoms with van der Waals surface area (Å²) >= 11 is 0. The second-order valence-corrected chi connectivity index (χ2v) is 10.3. The van der Waals surface area contributed by atoms with Gasteiger partial charge in [0.05, 0.1) is 24.5 Å². The van der Waals surface area contributed by atoms with Gasteiger partial charge in [0.2, 0.25) is 5.03 Å². The van der Waals surface area contributed by atoms with Gasteiger partial charge in [0.25, 0.3) is 21.9 Å². The molecule has 0 aliphatic carbocycles. The third kappa shape index (κ3) is 4.64. The number of carbonyl (C=O) groups excluding carboxylic acids is 1. The van der Waals surface area contributed by atoms with Crippen molar-refractivity contribution in [2.45, 2.75) is 31.2 Å². The summed E-state index contributed by atoms with van der Waals surface area (Å²) in [7, 11) is -3.07. The van der Waals surface area contributed by atoms with Crippen molar-refractivity contribution in [3.63, 3.8) is 0 Å². The number of benzene rings is 1. The number of halogens is 1. The Labute approximate surface area is 201 Å². The Bertz CT molecular complexity index is 1540. The van der Waals surface area contributed by atoms with E-state index in [1.807, 2.05) is 25.5 Å². The smallest absolute Gasteiger partial charge is 0.285 e. The molecule has 0 saturated heterocycles. The molecule has 182 valence electrons. The molecular weight excluding hydrogens is 475 g/mol. The van der Waals surface area contributed by atoms with Crippen molar-refractivity contribution in [3.8, 4) is 11.4 Å². The van der Waals surface area contributed by atoms with Gasteiger partial charge in [-0.3, -0.25) is 4.79 Å². The monoisotopic (exact) mass is 498 g/mol. The number of carbonyl (C=O) groups is 1. The number of hydrogen-bond acceptors (Lipinski definition) is 8. The van der Waals surface area contributed by atoms with Gasteiger partial charge in [-0.1, -0.05) is 26.8 Å². The van der Waals surface area contributed by atoms with Gasteiger partial charge in [0.15, 0.2) is 5.75 Å². The number of ether oxygens (including phenoxy) is 1. The minimum Gasteiger partial charge on any atom is -0.494 e. The number of anilines is 1. The molecule has 0 aliphatic rings. The molecule has 3 aromatic heterocycles. The van der Waals surface area contributed by atoms with E-state index >= 15 is 0 Å². The first-order valence-corrected chi connectivity index (χ1v) is 11.9. The first kappa shape index (κ1) is 24.1. The Morgan fingerprint density at radius 1 is 1.11 bits per heavy atom. The normalized spacial score (nSPS) is 12.0. The van der Waals surface area contributed by atoms with Crippen LogP contribution in [0.3, 0.4) is 0 Å². The van der Waals surface area contributed by atoms with Crippen LogP contribution in [0.5, 0.6) is 5.75 Å². The number of aromatic nitrogens is 4. The highest BCUT2D eigenvalue weighted by molar-refractivity contribution is 7.90. The molecular formula is C23H23FN6O4S. The van der Waals surface area contributed by atoms with E-state index in [9.17, 15) is 17.6 Å². The predicted molar refractivity (Wildman–Crippen MR) is 127 cm³/mol. The maximum absolute atomic E-state index is 13.6. The molecule has 0 spiro atoms. The second-order valence-electron chi connectivity index (χ2n) is 8.75. The maximum atomic E-state index is 13.6. The van der Waals surface area contributed by atoms with Gasteiger partial charge in [0.1, 0.15) is 11.4 Å². The van der Waals surface area contributed by atoms with Crippen molar-refractivity contribution in [3.05, 3.63) is 66.0 Å². The fourth-order valence-corrected chi connectivity index (χ4v) is 4.45. The Kier molecular flexibility index (Phi) is 5.93. The Morgan fingerprint density at radius 3 is 2.49 bits per heavy atom. The maximum Gasteiger partial charge on any atom is 0.285 e. The quantitative estimate of drug-likeness (QED) is 0.428. The molecule has 12 heteroatoms. The molecule has 0 atom stereocenters. The summed E-state index contributed by atoms with van der Waals surface area (Å²) in [5, 5.41) is 3.88. The summed E-state index contributed by atoms with van der Waals surface area (Å²) in [6.45, 7) is 5.65. The molecule has 0 unspecified atom stereocenters. The first-order chi connectivity index (χ1) is 16.4. The molecule has 4 rings (SSSR count). The SMILES string of the molecule is COc1ccc(C(C)(C)C)nc1S(=O)(=O)NC(=O)c1ccc2c(-n3cc(N)c(F)n3)cccc2n1. The van der Waals surface area contributed by atoms with Crippen LogP contribution >= 0.6 is 0 Å². The van der Waals surface area contributed by atoms with Crippen LogP contribution in [0, 0.1) is 5.95 Å². The first-order valence-electron chi connectivity index (χ1n) is 10.4. The summed E-state index contributed by atoms with van der Waals surface area (Å²) in [6, 6.07) is 11.0. The van der Waals surface area contributed by atoms with Gasteiger partial charge in [-0.15, -0.1) is 5.10 Å². The van der Waals surface area contributed by atoms with Crippen molar-refractivity contribution >= 4 is 32.5 Å². The van der Waals surface area contributed by atoms with Crippen LogP contribution < -0.4 is 15.2 Å². The van der Waals surface area contributed by atoms with Gasteiger partial charge in [-0.2, -0.15) is 12.8 Å². The van der Waals surface area contributed by atoms with E-state index in [1.165, 1.54) is 30.1 Å². The largest absolute Gasteiger partial charge is 0.494 e. The Morgan fingerprint density at radius 2 is 1.86 bits per heavy atom. The van der Waals surface area contributed by atoms with Crippen LogP contribution in [0.1, 0.15) is 37.0 Å². The van der Waals surface area contributed by atoms with Crippen LogP contribution in [-0.4, -0.2) is 41.2 Å². The molecule has 3 N–H and O–H groups in total. The average Bonchev–Trinajstić information content (AvgIpc) is 3.14. The van der Waals surface area contributed by atoms with Crippen LogP contribution in [0.25, 0.3) is 16.6 Å². The lowest BCUT2D eigenvalue weighted by Gasteiger charge is -2.19. The van der Waals surface area contributed by atoms with Crippen molar-refractivity contribution in [2.75, 3.05) is 12.8 Å². The Balaban J connectivity index is 1.69. The number of sulfonamides is 1. The second kappa shape index (κ2) is 8.62. The number of nitrogens with zero attached hydrogens (tertiary/aromatic N) is 4. The van der Waals surface area contributed by atoms with E-state index in [0.29, 0.717) is 22.3 Å². The lowest BCUT2D eigenvalue weighted by atomic mass is 9.92. The molecule has 0 fully saturated rings. The molecule has 10 nitrogen and oxygen atoms in total. The predicted octanol–water partition coefficient (Wildman–Crippen LogP) is 2.96. The highest BCUT2D eigenvalue weighted by Gasteiger charge is 2.28. The summed E-state index contributed by atoms with van der Waals surface area (Å²) in [5.41, 5.74) is 6.22. The molecule has 0 saturated carbocycles. The fourth-order valence-electron chi connectivity index (χ4n) is 3.37. The van der Waals surface area contributed by atoms with E-state index in [2.05, 4.69) is 15.1 Å². The van der Waals surface area contributed by atoms with Crippen molar-refractivity contribution in [1.82, 2.24) is 24.5 Å². The number of fused-ring (bicyclic) bond motifs is 1. The minimum atomic E-state index is -4.38. The summed E-state index contributed by atoms with van der Waals surface area (Å²) in [4.78, 5) is 21.4. The number of pyridine rings is 2. The minimum absolute atomic E-state index is 0.000130. The number of methoxy groups -OCH3 is 1. The van der Waals surface area contributed by atoms with Crippen LogP contribution in [0.2, 0.25) is 0 Å². The molecule has 0 radical (unpaired) electrons. The summed E-state index contributed by atoms with van der Waals surface area (Å²) < 4.78 is 48.2. The number of hydrogen-bond donors (Lipinski definition) is 2. The summed E-state index contributed by atoms with van der Waals surface area (Å²) in [6.07, 6.45) is 1.32. The lowest BCUT2D eigenvalue weighted by Crippen LogP contribution is -2.32. The highest BCUT2D eigenvalue weighted by atomic mass is 32.2. The van der Waals surface area contributed by atoms with Crippen LogP contribution in [0.4, 0.5) is 10.1 Å². The standard InChI is InChI=1S/C23H23FN6O4S/c1-23(2,3)19-11-10-18(34-4)22(27-19)35(32,33)29-21(31)16-9-8-13-15(26-16)6-5-7-17(13)30-12-14(25)20(24)28-30/h5-12H,25H2,1-4H3,(H,29,31). The lowest BCUT2D eigenvalue weighted by molar-refractivity contribution is 0.0977. The third-order valence-electron chi connectivity index (χ3n) is 5.18. The van der Waals surface area contributed by atoms with Gasteiger partial charge in [0, 0.05) is 16.5 Å². The number of nitrogens with two attached hydrogens (primary N) is 1. The van der Waals surface area contributed by atoms with Gasteiger partial charge in [-0.05, 0) is 36.4 Å². The zero-order chi connectivity index (χ0) is 25.5. The molecule has 1 aromatic carbocycles. The fraction of sp³-hybridized carbons (Fsp3) is 0.217. The van der Waals surface area contributed by atoms with Gasteiger partial charge >= 0.3 is 0 Å². The zero-order valence-electron chi connectivity index (χ0n) is 19.4. The molecule has 0 aliphatic heterocycles. The van der Waals surface area contributed by atoms with Crippen molar-refractivity contribution in [1.29, 1.82) is 0 Å². The molecule has 3 heterocycles. The number of amides is 1. The number of rotatable bonds is 5. The van der Waals surface area contributed by atoms with Gasteiger partial charge < -0.3 is 10.5 Å². The van der Waals surface area contributed by atoms with Crippen molar-refractivity contribution in [2.24, 2.45) is 0 Å². The number of nitrogen functional groups attached to an aromatic ring is 1. The van der Waals surface area contributed by atoms with E-state index in [1.54, 1.807) is 30.3 Å². The van der Waals surface area contributed by atoms with Gasteiger partial charge in [-0.25, -0.2) is 19.4 Å². The third-order valence-corrected chi connectivity index (χ3v) is 6.43. The molecule has 4 aromatic rings. The van der Waals surface area contributed by atoms with E-state index < -0.39 is 32.3 Å². The topological polar surface area (TPSA) is 142 Å². The summed E-state index contributed by atoms with van der Waals surface area (Å²) in [5.74, 6) is -1.76.